The highest BCUT2D eigenvalue weighted by molar-refractivity contribution is 5.70. The van der Waals surface area contributed by atoms with Crippen LogP contribution in [-0.4, -0.2) is 42.4 Å². The molecule has 27 heavy (non-hydrogen) atoms. The lowest BCUT2D eigenvalue weighted by atomic mass is 10.1. The first-order valence-electron chi connectivity index (χ1n) is 8.52. The summed E-state index contributed by atoms with van der Waals surface area (Å²) in [4.78, 5) is 9.01. The molecule has 2 aromatic carbocycles. The molecule has 0 aliphatic carbocycles. The Kier molecular flexibility index (Phi) is 6.06. The van der Waals surface area contributed by atoms with E-state index in [0.29, 0.717) is 29.8 Å². The molecule has 0 amide bonds. The molecule has 140 valence electrons. The number of hydrogen-bond acceptors (Lipinski definition) is 7. The van der Waals surface area contributed by atoms with E-state index in [1.807, 2.05) is 48.5 Å². The predicted molar refractivity (Wildman–Crippen MR) is 106 cm³/mol. The molecular formula is C20H22N4O3. The Morgan fingerprint density at radius 3 is 2.48 bits per heavy atom. The number of hydrogen-bond donors (Lipinski definition) is 3. The van der Waals surface area contributed by atoms with Crippen LogP contribution in [0.5, 0.6) is 11.5 Å². The van der Waals surface area contributed by atoms with Crippen molar-refractivity contribution < 1.29 is 14.6 Å². The number of aliphatic hydroxyl groups is 1. The van der Waals surface area contributed by atoms with Gasteiger partial charge >= 0.3 is 0 Å². The smallest absolute Gasteiger partial charge is 0.225 e. The third-order valence-electron chi connectivity index (χ3n) is 3.86. The van der Waals surface area contributed by atoms with E-state index in [1.54, 1.807) is 20.3 Å². The van der Waals surface area contributed by atoms with Crippen molar-refractivity contribution in [1.29, 1.82) is 0 Å². The van der Waals surface area contributed by atoms with Crippen molar-refractivity contribution in [3.63, 3.8) is 0 Å². The quantitative estimate of drug-likeness (QED) is 0.564. The summed E-state index contributed by atoms with van der Waals surface area (Å²) in [7, 11) is 3.21. The molecule has 0 aliphatic rings. The third-order valence-corrected chi connectivity index (χ3v) is 3.86. The van der Waals surface area contributed by atoms with E-state index in [-0.39, 0.29) is 6.61 Å². The van der Waals surface area contributed by atoms with Gasteiger partial charge < -0.3 is 25.2 Å². The maximum atomic E-state index is 9.07. The first-order chi connectivity index (χ1) is 13.2. The van der Waals surface area contributed by atoms with Crippen molar-refractivity contribution in [2.24, 2.45) is 0 Å². The first kappa shape index (κ1) is 18.5. The van der Waals surface area contributed by atoms with Crippen LogP contribution in [0.4, 0.5) is 17.5 Å². The normalized spacial score (nSPS) is 10.3. The topological polar surface area (TPSA) is 88.5 Å². The van der Waals surface area contributed by atoms with Crippen molar-refractivity contribution in [1.82, 2.24) is 9.97 Å². The molecule has 0 saturated heterocycles. The second kappa shape index (κ2) is 8.86. The van der Waals surface area contributed by atoms with Crippen molar-refractivity contribution >= 4 is 17.5 Å². The molecule has 7 nitrogen and oxygen atoms in total. The summed E-state index contributed by atoms with van der Waals surface area (Å²) in [5, 5.41) is 15.4. The van der Waals surface area contributed by atoms with Gasteiger partial charge in [-0.25, -0.2) is 4.98 Å². The number of nitrogens with one attached hydrogen (secondary N) is 2. The van der Waals surface area contributed by atoms with Crippen LogP contribution in [0.2, 0.25) is 0 Å². The van der Waals surface area contributed by atoms with Gasteiger partial charge in [0.2, 0.25) is 5.95 Å². The minimum atomic E-state index is -0.00596. The summed E-state index contributed by atoms with van der Waals surface area (Å²) >= 11 is 0. The Hall–Kier alpha value is -3.32. The molecule has 3 N–H and O–H groups in total. The van der Waals surface area contributed by atoms with Crippen LogP contribution in [0.25, 0.3) is 11.3 Å². The molecule has 1 aromatic heterocycles. The van der Waals surface area contributed by atoms with Gasteiger partial charge in [-0.05, 0) is 12.1 Å². The number of ether oxygens (including phenoxy) is 2. The summed E-state index contributed by atoms with van der Waals surface area (Å²) in [5.74, 6) is 2.38. The summed E-state index contributed by atoms with van der Waals surface area (Å²) in [6.45, 7) is 0.359. The van der Waals surface area contributed by atoms with Crippen molar-refractivity contribution in [2.75, 3.05) is 38.0 Å². The molecule has 0 fully saturated rings. The van der Waals surface area contributed by atoms with E-state index in [1.165, 1.54) is 0 Å². The highest BCUT2D eigenvalue weighted by Gasteiger charge is 2.10. The molecule has 0 aliphatic heterocycles. The van der Waals surface area contributed by atoms with E-state index >= 15 is 0 Å². The van der Waals surface area contributed by atoms with Crippen molar-refractivity contribution in [3.8, 4) is 22.8 Å². The maximum Gasteiger partial charge on any atom is 0.225 e. The molecule has 3 rings (SSSR count). The Balaban J connectivity index is 1.97. The molecule has 0 unspecified atom stereocenters. The number of methoxy groups -OCH3 is 2. The number of aromatic nitrogens is 2. The van der Waals surface area contributed by atoms with Crippen LogP contribution >= 0.6 is 0 Å². The monoisotopic (exact) mass is 366 g/mol. The lowest BCUT2D eigenvalue weighted by Gasteiger charge is -2.14. The molecule has 3 aromatic rings. The Morgan fingerprint density at radius 1 is 0.963 bits per heavy atom. The average Bonchev–Trinajstić information content (AvgIpc) is 2.73. The van der Waals surface area contributed by atoms with Crippen LogP contribution in [-0.2, 0) is 0 Å². The van der Waals surface area contributed by atoms with Crippen molar-refractivity contribution in [2.45, 2.75) is 0 Å². The van der Waals surface area contributed by atoms with Crippen LogP contribution in [0.1, 0.15) is 0 Å². The van der Waals surface area contributed by atoms with E-state index in [0.717, 1.165) is 16.9 Å². The fourth-order valence-electron chi connectivity index (χ4n) is 2.55. The molecule has 0 atom stereocenters. The van der Waals surface area contributed by atoms with Crippen LogP contribution in [0, 0.1) is 0 Å². The number of rotatable bonds is 8. The molecule has 0 bridgehead atoms. The number of benzene rings is 2. The van der Waals surface area contributed by atoms with Gasteiger partial charge in [0.25, 0.3) is 0 Å². The van der Waals surface area contributed by atoms with Crippen LogP contribution in [0.3, 0.4) is 0 Å². The van der Waals surface area contributed by atoms with Gasteiger partial charge in [-0.1, -0.05) is 30.3 Å². The van der Waals surface area contributed by atoms with Crippen LogP contribution in [0.15, 0.2) is 54.6 Å². The molecular weight excluding hydrogens is 344 g/mol. The zero-order valence-corrected chi connectivity index (χ0v) is 15.3. The van der Waals surface area contributed by atoms with Gasteiger partial charge in [-0.2, -0.15) is 4.98 Å². The summed E-state index contributed by atoms with van der Waals surface area (Å²) in [5.41, 5.74) is 2.49. The average molecular weight is 366 g/mol. The highest BCUT2D eigenvalue weighted by Crippen LogP contribution is 2.32. The second-order valence-corrected chi connectivity index (χ2v) is 5.67. The van der Waals surface area contributed by atoms with Gasteiger partial charge in [0.05, 0.1) is 32.2 Å². The second-order valence-electron chi connectivity index (χ2n) is 5.67. The van der Waals surface area contributed by atoms with E-state index < -0.39 is 0 Å². The number of nitrogens with zero attached hydrogens (tertiary/aromatic N) is 2. The summed E-state index contributed by atoms with van der Waals surface area (Å²) in [6.07, 6.45) is 0. The van der Waals surface area contributed by atoms with Crippen molar-refractivity contribution in [3.05, 3.63) is 54.6 Å². The molecule has 0 saturated carbocycles. The SMILES string of the molecule is COc1ccc(Nc2cc(-c3ccccc3)nc(NCCO)n2)c(OC)c1. The van der Waals surface area contributed by atoms with Gasteiger partial charge in [0, 0.05) is 24.2 Å². The van der Waals surface area contributed by atoms with E-state index in [9.17, 15) is 0 Å². The molecule has 7 heteroatoms. The Labute approximate surface area is 158 Å². The molecule has 0 spiro atoms. The van der Waals surface area contributed by atoms with Gasteiger partial charge in [0.15, 0.2) is 0 Å². The predicted octanol–water partition coefficient (Wildman–Crippen LogP) is 3.31. The van der Waals surface area contributed by atoms with Crippen LogP contribution < -0.4 is 20.1 Å². The molecule has 0 radical (unpaired) electrons. The van der Waals surface area contributed by atoms with Gasteiger partial charge in [-0.3, -0.25) is 0 Å². The minimum absolute atomic E-state index is 0.00596. The van der Waals surface area contributed by atoms with E-state index in [2.05, 4.69) is 20.6 Å². The minimum Gasteiger partial charge on any atom is -0.497 e. The Bertz CT molecular complexity index is 888. The molecule has 1 heterocycles. The highest BCUT2D eigenvalue weighted by atomic mass is 16.5. The van der Waals surface area contributed by atoms with Gasteiger partial charge in [-0.15, -0.1) is 0 Å². The largest absolute Gasteiger partial charge is 0.497 e. The van der Waals surface area contributed by atoms with Gasteiger partial charge in [0.1, 0.15) is 17.3 Å². The lowest BCUT2D eigenvalue weighted by molar-refractivity contribution is 0.311. The first-order valence-corrected chi connectivity index (χ1v) is 8.52. The summed E-state index contributed by atoms with van der Waals surface area (Å²) in [6, 6.07) is 17.2. The standard InChI is InChI=1S/C20H22N4O3/c1-26-15-8-9-16(18(12-15)27-2)22-19-13-17(14-6-4-3-5-7-14)23-20(24-19)21-10-11-25/h3-9,12-13,25H,10-11H2,1-2H3,(H2,21,22,23,24). The fourth-order valence-corrected chi connectivity index (χ4v) is 2.55. The maximum absolute atomic E-state index is 9.07. The fraction of sp³-hybridized carbons (Fsp3) is 0.200. The van der Waals surface area contributed by atoms with E-state index in [4.69, 9.17) is 14.6 Å². The zero-order valence-electron chi connectivity index (χ0n) is 15.3. The summed E-state index contributed by atoms with van der Waals surface area (Å²) < 4.78 is 10.7. The lowest BCUT2D eigenvalue weighted by Crippen LogP contribution is -2.10. The third kappa shape index (κ3) is 4.65. The zero-order chi connectivity index (χ0) is 19.1. The number of anilines is 3. The Morgan fingerprint density at radius 2 is 1.78 bits per heavy atom. The number of aliphatic hydroxyl groups excluding tert-OH is 1.